The molecule has 0 N–H and O–H groups in total. The van der Waals surface area contributed by atoms with E-state index in [1.54, 1.807) is 12.5 Å². The van der Waals surface area contributed by atoms with Crippen molar-refractivity contribution in [3.05, 3.63) is 89.5 Å². The van der Waals surface area contributed by atoms with Crippen molar-refractivity contribution in [2.24, 2.45) is 0 Å². The fourth-order valence-corrected chi connectivity index (χ4v) is 3.12. The van der Waals surface area contributed by atoms with Crippen molar-refractivity contribution in [1.82, 2.24) is 9.55 Å². The molecule has 0 amide bonds. The van der Waals surface area contributed by atoms with Gasteiger partial charge in [-0.15, -0.1) is 0 Å². The van der Waals surface area contributed by atoms with Crippen molar-refractivity contribution in [1.29, 1.82) is 0 Å². The Morgan fingerprint density at radius 2 is 1.92 bits per heavy atom. The van der Waals surface area contributed by atoms with Gasteiger partial charge in [0.2, 0.25) is 5.79 Å². The first-order chi connectivity index (χ1) is 11.8. The van der Waals surface area contributed by atoms with Gasteiger partial charge < -0.3 is 14.0 Å². The Hall–Kier alpha value is -2.14. The molecule has 2 atom stereocenters. The SMILES string of the molecule is Clc1ccc(C2(Cn3ccnc3)OCC(c3ccccc3)O2)cc1. The molecular formula is C19H17ClN2O2. The van der Waals surface area contributed by atoms with Crippen LogP contribution < -0.4 is 0 Å². The second kappa shape index (κ2) is 6.40. The predicted octanol–water partition coefficient (Wildman–Crippen LogP) is 4.18. The summed E-state index contributed by atoms with van der Waals surface area (Å²) in [6, 6.07) is 17.8. The molecule has 24 heavy (non-hydrogen) atoms. The molecule has 1 aliphatic rings. The van der Waals surface area contributed by atoms with Gasteiger partial charge in [0.1, 0.15) is 6.10 Å². The van der Waals surface area contributed by atoms with E-state index < -0.39 is 5.79 Å². The third-order valence-electron chi connectivity index (χ3n) is 4.21. The summed E-state index contributed by atoms with van der Waals surface area (Å²) < 4.78 is 14.6. The molecule has 4 rings (SSSR count). The maximum atomic E-state index is 6.42. The van der Waals surface area contributed by atoms with E-state index in [0.29, 0.717) is 18.2 Å². The van der Waals surface area contributed by atoms with Gasteiger partial charge in [-0.2, -0.15) is 0 Å². The largest absolute Gasteiger partial charge is 0.341 e. The van der Waals surface area contributed by atoms with Crippen molar-refractivity contribution in [3.8, 4) is 0 Å². The molecule has 2 heterocycles. The summed E-state index contributed by atoms with van der Waals surface area (Å²) in [4.78, 5) is 4.11. The van der Waals surface area contributed by atoms with Gasteiger partial charge in [0.05, 0.1) is 19.5 Å². The zero-order chi connectivity index (χ0) is 16.4. The summed E-state index contributed by atoms with van der Waals surface area (Å²) in [5.41, 5.74) is 2.05. The van der Waals surface area contributed by atoms with Gasteiger partial charge in [-0.05, 0) is 17.7 Å². The van der Waals surface area contributed by atoms with E-state index in [2.05, 4.69) is 17.1 Å². The molecule has 1 saturated heterocycles. The van der Waals surface area contributed by atoms with Gasteiger partial charge in [-0.25, -0.2) is 4.98 Å². The van der Waals surface area contributed by atoms with Gasteiger partial charge in [0, 0.05) is 23.0 Å². The molecule has 122 valence electrons. The Morgan fingerprint density at radius 3 is 2.62 bits per heavy atom. The van der Waals surface area contributed by atoms with Crippen molar-refractivity contribution in [2.75, 3.05) is 6.61 Å². The quantitative estimate of drug-likeness (QED) is 0.715. The highest BCUT2D eigenvalue weighted by molar-refractivity contribution is 6.30. The number of benzene rings is 2. The van der Waals surface area contributed by atoms with Crippen molar-refractivity contribution < 1.29 is 9.47 Å². The summed E-state index contributed by atoms with van der Waals surface area (Å²) >= 11 is 6.03. The molecule has 3 aromatic rings. The first kappa shape index (κ1) is 15.4. The fourth-order valence-electron chi connectivity index (χ4n) is 2.99. The lowest BCUT2D eigenvalue weighted by molar-refractivity contribution is -0.187. The number of nitrogens with zero attached hydrogens (tertiary/aromatic N) is 2. The minimum atomic E-state index is -0.855. The number of aromatic nitrogens is 2. The lowest BCUT2D eigenvalue weighted by Crippen LogP contribution is -2.32. The maximum absolute atomic E-state index is 6.42. The van der Waals surface area contributed by atoms with Crippen molar-refractivity contribution in [2.45, 2.75) is 18.4 Å². The summed E-state index contributed by atoms with van der Waals surface area (Å²) in [5, 5.41) is 0.689. The zero-order valence-corrected chi connectivity index (χ0v) is 13.8. The standard InChI is InChI=1S/C19H17ClN2O2/c20-17-8-6-16(7-9-17)19(13-22-11-10-21-14-22)23-12-18(24-19)15-4-2-1-3-5-15/h1-11,14,18H,12-13H2. The Morgan fingerprint density at radius 1 is 1.12 bits per heavy atom. The predicted molar refractivity (Wildman–Crippen MR) is 91.6 cm³/mol. The van der Waals surface area contributed by atoms with E-state index in [4.69, 9.17) is 21.1 Å². The highest BCUT2D eigenvalue weighted by atomic mass is 35.5. The molecule has 1 aromatic heterocycles. The zero-order valence-electron chi connectivity index (χ0n) is 13.0. The molecule has 0 bridgehead atoms. The number of imidazole rings is 1. The van der Waals surface area contributed by atoms with Crippen LogP contribution in [0.1, 0.15) is 17.2 Å². The summed E-state index contributed by atoms with van der Waals surface area (Å²) in [6.45, 7) is 1.03. The molecule has 0 aliphatic carbocycles. The van der Waals surface area contributed by atoms with Crippen LogP contribution in [0.3, 0.4) is 0 Å². The highest BCUT2D eigenvalue weighted by Gasteiger charge is 2.44. The van der Waals surface area contributed by atoms with Crippen LogP contribution in [0, 0.1) is 0 Å². The Kier molecular flexibility index (Phi) is 4.10. The monoisotopic (exact) mass is 340 g/mol. The van der Waals surface area contributed by atoms with Crippen LogP contribution in [0.4, 0.5) is 0 Å². The average Bonchev–Trinajstić information content (AvgIpc) is 3.27. The first-order valence-corrected chi connectivity index (χ1v) is 8.21. The molecule has 2 aromatic carbocycles. The number of rotatable bonds is 4. The maximum Gasteiger partial charge on any atom is 0.214 e. The number of halogens is 1. The van der Waals surface area contributed by atoms with Gasteiger partial charge in [0.15, 0.2) is 0 Å². The number of ether oxygens (including phenoxy) is 2. The van der Waals surface area contributed by atoms with Crippen LogP contribution in [0.5, 0.6) is 0 Å². The van der Waals surface area contributed by atoms with Crippen molar-refractivity contribution in [3.63, 3.8) is 0 Å². The molecular weight excluding hydrogens is 324 g/mol. The average molecular weight is 341 g/mol. The lowest BCUT2D eigenvalue weighted by atomic mass is 10.1. The molecule has 0 saturated carbocycles. The van der Waals surface area contributed by atoms with Crippen LogP contribution in [0.25, 0.3) is 0 Å². The molecule has 2 unspecified atom stereocenters. The summed E-state index contributed by atoms with van der Waals surface area (Å²) in [7, 11) is 0. The summed E-state index contributed by atoms with van der Waals surface area (Å²) in [6.07, 6.45) is 5.31. The Bertz CT molecular complexity index is 790. The Labute approximate surface area is 145 Å². The third kappa shape index (κ3) is 2.96. The van der Waals surface area contributed by atoms with Gasteiger partial charge in [-0.1, -0.05) is 54.1 Å². The second-order valence-corrected chi connectivity index (χ2v) is 6.26. The van der Waals surface area contributed by atoms with E-state index in [-0.39, 0.29) is 6.10 Å². The van der Waals surface area contributed by atoms with Crippen LogP contribution in [-0.2, 0) is 21.8 Å². The molecule has 4 nitrogen and oxygen atoms in total. The van der Waals surface area contributed by atoms with Crippen LogP contribution in [0.2, 0.25) is 5.02 Å². The van der Waals surface area contributed by atoms with E-state index in [9.17, 15) is 0 Å². The van der Waals surface area contributed by atoms with E-state index >= 15 is 0 Å². The molecule has 0 radical (unpaired) electrons. The molecule has 1 aliphatic heterocycles. The van der Waals surface area contributed by atoms with E-state index in [0.717, 1.165) is 11.1 Å². The third-order valence-corrected chi connectivity index (χ3v) is 4.46. The highest BCUT2D eigenvalue weighted by Crippen LogP contribution is 2.41. The first-order valence-electron chi connectivity index (χ1n) is 7.84. The molecule has 5 heteroatoms. The Balaban J connectivity index is 1.68. The number of hydrogen-bond acceptors (Lipinski definition) is 3. The van der Waals surface area contributed by atoms with E-state index in [1.165, 1.54) is 0 Å². The van der Waals surface area contributed by atoms with Crippen LogP contribution >= 0.6 is 11.6 Å². The van der Waals surface area contributed by atoms with Gasteiger partial charge in [0.25, 0.3) is 0 Å². The van der Waals surface area contributed by atoms with Crippen molar-refractivity contribution >= 4 is 11.6 Å². The van der Waals surface area contributed by atoms with Gasteiger partial charge in [-0.3, -0.25) is 0 Å². The van der Waals surface area contributed by atoms with Crippen LogP contribution in [0.15, 0.2) is 73.3 Å². The van der Waals surface area contributed by atoms with Crippen LogP contribution in [-0.4, -0.2) is 16.2 Å². The fraction of sp³-hybridized carbons (Fsp3) is 0.211. The minimum Gasteiger partial charge on any atom is -0.341 e. The smallest absolute Gasteiger partial charge is 0.214 e. The normalized spacial score (nSPS) is 23.5. The summed E-state index contributed by atoms with van der Waals surface area (Å²) in [5.74, 6) is -0.855. The molecule has 0 spiro atoms. The number of hydrogen-bond donors (Lipinski definition) is 0. The molecule has 1 fully saturated rings. The lowest BCUT2D eigenvalue weighted by Gasteiger charge is -2.29. The topological polar surface area (TPSA) is 36.3 Å². The second-order valence-electron chi connectivity index (χ2n) is 5.82. The van der Waals surface area contributed by atoms with Gasteiger partial charge >= 0.3 is 0 Å². The van der Waals surface area contributed by atoms with E-state index in [1.807, 2.05) is 53.2 Å². The minimum absolute atomic E-state index is 0.106.